The van der Waals surface area contributed by atoms with Crippen molar-refractivity contribution >= 4 is 23.6 Å². The van der Waals surface area contributed by atoms with Gasteiger partial charge in [0.2, 0.25) is 11.8 Å². The van der Waals surface area contributed by atoms with Crippen molar-refractivity contribution in [1.29, 1.82) is 0 Å². The van der Waals surface area contributed by atoms with Gasteiger partial charge < -0.3 is 15.5 Å². The fraction of sp³-hybridized carbons (Fsp3) is 0.556. The molecule has 5 nitrogen and oxygen atoms in total. The molecule has 6 heteroatoms. The minimum atomic E-state index is -0.419. The van der Waals surface area contributed by atoms with Gasteiger partial charge >= 0.3 is 0 Å². The summed E-state index contributed by atoms with van der Waals surface area (Å²) in [5.41, 5.74) is 7.00. The van der Waals surface area contributed by atoms with Gasteiger partial charge in [-0.05, 0) is 44.2 Å². The summed E-state index contributed by atoms with van der Waals surface area (Å²) in [6, 6.07) is 7.43. The molecule has 132 valence electrons. The Morgan fingerprint density at radius 1 is 1.25 bits per heavy atom. The lowest BCUT2D eigenvalue weighted by atomic mass is 10.1. The van der Waals surface area contributed by atoms with Crippen LogP contribution in [0.15, 0.2) is 29.2 Å². The smallest absolute Gasteiger partial charge is 0.245 e. The summed E-state index contributed by atoms with van der Waals surface area (Å²) in [6.07, 6.45) is 2.88. The molecule has 2 amide bonds. The van der Waals surface area contributed by atoms with Gasteiger partial charge in [0.05, 0.1) is 6.42 Å². The molecule has 24 heavy (non-hydrogen) atoms. The second kappa shape index (κ2) is 8.53. The van der Waals surface area contributed by atoms with Crippen LogP contribution in [0.3, 0.4) is 0 Å². The summed E-state index contributed by atoms with van der Waals surface area (Å²) in [5.74, 6) is -0.00983. The van der Waals surface area contributed by atoms with Crippen LogP contribution in [0.25, 0.3) is 0 Å². The summed E-state index contributed by atoms with van der Waals surface area (Å²) in [5, 5.41) is 0. The molecule has 0 saturated carbocycles. The standard InChI is InChI=1S/C18H27N3O2S/c1-4-20(5-2)18(23)16-11-14(19)12-21(16)17(22)10-13-6-8-15(24-3)9-7-13/h6-9,14,16H,4-5,10-12,19H2,1-3H3. The second-order valence-electron chi connectivity index (χ2n) is 6.09. The van der Waals surface area contributed by atoms with Crippen molar-refractivity contribution < 1.29 is 9.59 Å². The highest BCUT2D eigenvalue weighted by Gasteiger charge is 2.39. The minimum absolute atomic E-state index is 0.0130. The average molecular weight is 350 g/mol. The molecule has 2 rings (SSSR count). The monoisotopic (exact) mass is 349 g/mol. The van der Waals surface area contributed by atoms with Crippen molar-refractivity contribution in [3.63, 3.8) is 0 Å². The molecule has 1 fully saturated rings. The third-order valence-electron chi connectivity index (χ3n) is 4.53. The molecule has 2 atom stereocenters. The van der Waals surface area contributed by atoms with Gasteiger partial charge in [-0.15, -0.1) is 11.8 Å². The molecular weight excluding hydrogens is 322 g/mol. The van der Waals surface area contributed by atoms with Crippen LogP contribution >= 0.6 is 11.8 Å². The van der Waals surface area contributed by atoms with Gasteiger partial charge in [0.1, 0.15) is 6.04 Å². The summed E-state index contributed by atoms with van der Waals surface area (Å²) < 4.78 is 0. The fourth-order valence-corrected chi connectivity index (χ4v) is 3.55. The molecule has 0 aliphatic carbocycles. The van der Waals surface area contributed by atoms with Crippen LogP contribution in [0.1, 0.15) is 25.8 Å². The van der Waals surface area contributed by atoms with E-state index in [0.29, 0.717) is 32.5 Å². The number of benzene rings is 1. The van der Waals surface area contributed by atoms with Gasteiger partial charge in [-0.1, -0.05) is 12.1 Å². The number of carbonyl (C=O) groups is 2. The van der Waals surface area contributed by atoms with Crippen LogP contribution in [0.2, 0.25) is 0 Å². The van der Waals surface area contributed by atoms with Crippen molar-refractivity contribution in [2.45, 2.75) is 43.7 Å². The third-order valence-corrected chi connectivity index (χ3v) is 5.27. The van der Waals surface area contributed by atoms with Crippen molar-refractivity contribution in [2.24, 2.45) is 5.73 Å². The molecule has 1 aliphatic heterocycles. The zero-order valence-electron chi connectivity index (χ0n) is 14.7. The first-order valence-corrected chi connectivity index (χ1v) is 9.69. The van der Waals surface area contributed by atoms with E-state index < -0.39 is 6.04 Å². The minimum Gasteiger partial charge on any atom is -0.341 e. The summed E-state index contributed by atoms with van der Waals surface area (Å²) in [7, 11) is 0. The highest BCUT2D eigenvalue weighted by Crippen LogP contribution is 2.21. The van der Waals surface area contributed by atoms with Crippen LogP contribution in [0.5, 0.6) is 0 Å². The first kappa shape index (κ1) is 18.8. The van der Waals surface area contributed by atoms with Gasteiger partial charge in [0.15, 0.2) is 0 Å². The summed E-state index contributed by atoms with van der Waals surface area (Å²) in [6.45, 7) is 5.67. The molecular formula is C18H27N3O2S. The lowest BCUT2D eigenvalue weighted by molar-refractivity contribution is -0.143. The Hall–Kier alpha value is -1.53. The average Bonchev–Trinajstić information content (AvgIpc) is 2.98. The Morgan fingerprint density at radius 2 is 1.88 bits per heavy atom. The molecule has 1 saturated heterocycles. The normalized spacial score (nSPS) is 20.2. The SMILES string of the molecule is CCN(CC)C(=O)C1CC(N)CN1C(=O)Cc1ccc(SC)cc1. The zero-order valence-corrected chi connectivity index (χ0v) is 15.5. The molecule has 1 heterocycles. The highest BCUT2D eigenvalue weighted by atomic mass is 32.2. The molecule has 0 spiro atoms. The van der Waals surface area contributed by atoms with Crippen molar-refractivity contribution in [3.8, 4) is 0 Å². The van der Waals surface area contributed by atoms with E-state index in [2.05, 4.69) is 0 Å². The molecule has 0 radical (unpaired) electrons. The Balaban J connectivity index is 2.09. The van der Waals surface area contributed by atoms with E-state index in [1.165, 1.54) is 4.90 Å². The number of likely N-dealkylation sites (tertiary alicyclic amines) is 1. The van der Waals surface area contributed by atoms with E-state index in [-0.39, 0.29) is 17.9 Å². The largest absolute Gasteiger partial charge is 0.341 e. The van der Waals surface area contributed by atoms with E-state index in [1.54, 1.807) is 21.6 Å². The van der Waals surface area contributed by atoms with Crippen LogP contribution < -0.4 is 5.73 Å². The number of rotatable bonds is 6. The molecule has 1 aliphatic rings. The first-order chi connectivity index (χ1) is 11.5. The van der Waals surface area contributed by atoms with Crippen molar-refractivity contribution in [3.05, 3.63) is 29.8 Å². The van der Waals surface area contributed by atoms with Crippen molar-refractivity contribution in [1.82, 2.24) is 9.80 Å². The lowest BCUT2D eigenvalue weighted by Gasteiger charge is -2.29. The second-order valence-corrected chi connectivity index (χ2v) is 6.97. The van der Waals surface area contributed by atoms with Gasteiger partial charge in [-0.25, -0.2) is 0 Å². The van der Waals surface area contributed by atoms with E-state index in [1.807, 2.05) is 44.4 Å². The number of likely N-dealkylation sites (N-methyl/N-ethyl adjacent to an activating group) is 1. The Bertz CT molecular complexity index is 572. The van der Waals surface area contributed by atoms with Crippen LogP contribution in [-0.2, 0) is 16.0 Å². The molecule has 1 aromatic rings. The molecule has 2 N–H and O–H groups in total. The van der Waals surface area contributed by atoms with Crippen LogP contribution in [0, 0.1) is 0 Å². The van der Waals surface area contributed by atoms with Gasteiger partial charge in [-0.3, -0.25) is 9.59 Å². The molecule has 0 bridgehead atoms. The predicted molar refractivity (Wildman–Crippen MR) is 97.9 cm³/mol. The van der Waals surface area contributed by atoms with E-state index in [4.69, 9.17) is 5.73 Å². The number of thioether (sulfide) groups is 1. The Morgan fingerprint density at radius 3 is 2.42 bits per heavy atom. The van der Waals surface area contributed by atoms with Gasteiger partial charge in [0.25, 0.3) is 0 Å². The Kier molecular flexibility index (Phi) is 6.69. The number of amides is 2. The Labute approximate surface area is 148 Å². The molecule has 0 aromatic heterocycles. The topological polar surface area (TPSA) is 66.6 Å². The third kappa shape index (κ3) is 4.30. The maximum absolute atomic E-state index is 12.7. The van der Waals surface area contributed by atoms with Gasteiger partial charge in [0, 0.05) is 30.6 Å². The summed E-state index contributed by atoms with van der Waals surface area (Å²) in [4.78, 5) is 30.0. The van der Waals surface area contributed by atoms with E-state index >= 15 is 0 Å². The molecule has 1 aromatic carbocycles. The van der Waals surface area contributed by atoms with Crippen LogP contribution in [-0.4, -0.2) is 59.6 Å². The number of hydrogen-bond donors (Lipinski definition) is 1. The first-order valence-electron chi connectivity index (χ1n) is 8.46. The zero-order chi connectivity index (χ0) is 17.7. The maximum Gasteiger partial charge on any atom is 0.245 e. The maximum atomic E-state index is 12.7. The number of hydrogen-bond acceptors (Lipinski definition) is 4. The van der Waals surface area contributed by atoms with E-state index in [9.17, 15) is 9.59 Å². The predicted octanol–water partition coefficient (Wildman–Crippen LogP) is 1.75. The number of nitrogens with two attached hydrogens (primary N) is 1. The quantitative estimate of drug-likeness (QED) is 0.795. The lowest BCUT2D eigenvalue weighted by Crippen LogP contribution is -2.48. The van der Waals surface area contributed by atoms with E-state index in [0.717, 1.165) is 5.56 Å². The molecule has 2 unspecified atom stereocenters. The number of carbonyl (C=O) groups excluding carboxylic acids is 2. The van der Waals surface area contributed by atoms with Crippen LogP contribution in [0.4, 0.5) is 0 Å². The summed E-state index contributed by atoms with van der Waals surface area (Å²) >= 11 is 1.67. The highest BCUT2D eigenvalue weighted by molar-refractivity contribution is 7.98. The van der Waals surface area contributed by atoms with Gasteiger partial charge in [-0.2, -0.15) is 0 Å². The number of nitrogens with zero attached hydrogens (tertiary/aromatic N) is 2. The fourth-order valence-electron chi connectivity index (χ4n) is 3.14. The van der Waals surface area contributed by atoms with Crippen molar-refractivity contribution in [2.75, 3.05) is 25.9 Å².